The maximum atomic E-state index is 5.88. The summed E-state index contributed by atoms with van der Waals surface area (Å²) in [6.45, 7) is 3.12. The van der Waals surface area contributed by atoms with Gasteiger partial charge in [-0.3, -0.25) is 0 Å². The van der Waals surface area contributed by atoms with Gasteiger partial charge in [0.1, 0.15) is 5.75 Å². The van der Waals surface area contributed by atoms with Gasteiger partial charge in [0.15, 0.2) is 0 Å². The van der Waals surface area contributed by atoms with Crippen molar-refractivity contribution >= 4 is 14.0 Å². The first-order valence-electron chi connectivity index (χ1n) is 9.98. The molecule has 0 bridgehead atoms. The van der Waals surface area contributed by atoms with Crippen molar-refractivity contribution < 1.29 is 4.74 Å². The Morgan fingerprint density at radius 1 is 0.680 bits per heavy atom. The largest absolute Gasteiger partial charge is 0.494 e. The van der Waals surface area contributed by atoms with Crippen LogP contribution >= 0.6 is 0 Å². The molecular formula is C23H33OSi. The zero-order valence-electron chi connectivity index (χ0n) is 15.8. The normalized spacial score (nSPS) is 11.0. The zero-order chi connectivity index (χ0) is 17.6. The number of unbranched alkanes of at least 4 members (excludes halogenated alkanes) is 5. The third-order valence-corrected chi connectivity index (χ3v) is 7.71. The number of rotatable bonds is 13. The fourth-order valence-electron chi connectivity index (χ4n) is 3.20. The van der Waals surface area contributed by atoms with E-state index in [1.807, 2.05) is 30.3 Å². The van der Waals surface area contributed by atoms with Crippen LogP contribution in [-0.4, -0.2) is 15.4 Å². The maximum Gasteiger partial charge on any atom is 0.119 e. The van der Waals surface area contributed by atoms with E-state index in [0.29, 0.717) is 0 Å². The van der Waals surface area contributed by atoms with Gasteiger partial charge in [-0.15, -0.1) is 0 Å². The fourth-order valence-corrected chi connectivity index (χ4v) is 5.94. The fraction of sp³-hybridized carbons (Fsp3) is 0.478. The van der Waals surface area contributed by atoms with Crippen LogP contribution in [0.25, 0.3) is 0 Å². The van der Waals surface area contributed by atoms with Crippen LogP contribution < -0.4 is 9.92 Å². The molecular weight excluding hydrogens is 320 g/mol. The van der Waals surface area contributed by atoms with Gasteiger partial charge < -0.3 is 4.74 Å². The SMILES string of the molecule is CCCCCCCC[Si](CCCOc1ccccc1)c1ccccc1. The first-order valence-corrected chi connectivity index (χ1v) is 11.9. The average molecular weight is 354 g/mol. The van der Waals surface area contributed by atoms with Gasteiger partial charge in [0.05, 0.1) is 15.4 Å². The van der Waals surface area contributed by atoms with Crippen molar-refractivity contribution in [3.05, 3.63) is 60.7 Å². The van der Waals surface area contributed by atoms with Crippen molar-refractivity contribution in [1.82, 2.24) is 0 Å². The molecule has 0 heterocycles. The molecule has 0 amide bonds. The van der Waals surface area contributed by atoms with Gasteiger partial charge in [0.2, 0.25) is 0 Å². The lowest BCUT2D eigenvalue weighted by atomic mass is 10.1. The second kappa shape index (κ2) is 12.8. The summed E-state index contributed by atoms with van der Waals surface area (Å²) in [5.74, 6) is 0.993. The molecule has 2 rings (SSSR count). The molecule has 0 N–H and O–H groups in total. The third kappa shape index (κ3) is 8.40. The number of benzene rings is 2. The van der Waals surface area contributed by atoms with Crippen LogP contribution in [-0.2, 0) is 0 Å². The molecule has 1 nitrogen and oxygen atoms in total. The average Bonchev–Trinajstić information content (AvgIpc) is 2.67. The van der Waals surface area contributed by atoms with E-state index in [-0.39, 0.29) is 0 Å². The molecule has 135 valence electrons. The van der Waals surface area contributed by atoms with E-state index in [1.165, 1.54) is 50.6 Å². The molecule has 25 heavy (non-hydrogen) atoms. The highest BCUT2D eigenvalue weighted by atomic mass is 28.3. The summed E-state index contributed by atoms with van der Waals surface area (Å²) in [4.78, 5) is 0. The van der Waals surface area contributed by atoms with Crippen molar-refractivity contribution in [3.8, 4) is 5.75 Å². The van der Waals surface area contributed by atoms with Gasteiger partial charge in [-0.05, 0) is 18.6 Å². The lowest BCUT2D eigenvalue weighted by molar-refractivity contribution is 0.317. The molecule has 0 aliphatic carbocycles. The quantitative estimate of drug-likeness (QED) is 0.307. The summed E-state index contributed by atoms with van der Waals surface area (Å²) >= 11 is 0. The number of hydrogen-bond donors (Lipinski definition) is 0. The lowest BCUT2D eigenvalue weighted by Gasteiger charge is -2.16. The molecule has 2 aromatic carbocycles. The van der Waals surface area contributed by atoms with Crippen LogP contribution in [0.5, 0.6) is 5.75 Å². The van der Waals surface area contributed by atoms with Crippen LogP contribution in [0, 0.1) is 0 Å². The summed E-state index contributed by atoms with van der Waals surface area (Å²) in [5, 5.41) is 1.60. The number of hydrogen-bond acceptors (Lipinski definition) is 1. The predicted octanol–water partition coefficient (Wildman–Crippen LogP) is 6.22. The molecule has 0 aliphatic rings. The molecule has 2 aromatic rings. The van der Waals surface area contributed by atoms with E-state index in [2.05, 4.69) is 37.3 Å². The molecule has 2 heteroatoms. The highest BCUT2D eigenvalue weighted by Gasteiger charge is 2.13. The molecule has 0 unspecified atom stereocenters. The van der Waals surface area contributed by atoms with Crippen LogP contribution in [0.15, 0.2) is 60.7 Å². The minimum Gasteiger partial charge on any atom is -0.494 e. The Morgan fingerprint density at radius 2 is 1.28 bits per heavy atom. The van der Waals surface area contributed by atoms with Crippen molar-refractivity contribution in [2.24, 2.45) is 0 Å². The topological polar surface area (TPSA) is 9.23 Å². The van der Waals surface area contributed by atoms with Crippen LogP contribution in [0.4, 0.5) is 0 Å². The Bertz CT molecular complexity index is 541. The van der Waals surface area contributed by atoms with Crippen molar-refractivity contribution in [2.45, 2.75) is 64.0 Å². The van der Waals surface area contributed by atoms with E-state index in [4.69, 9.17) is 4.74 Å². The summed E-state index contributed by atoms with van der Waals surface area (Å²) in [6, 6.07) is 24.1. The van der Waals surface area contributed by atoms with E-state index in [9.17, 15) is 0 Å². The first kappa shape index (κ1) is 19.8. The number of para-hydroxylation sites is 1. The van der Waals surface area contributed by atoms with E-state index in [1.54, 1.807) is 5.19 Å². The Labute approximate surface area is 156 Å². The number of ether oxygens (including phenoxy) is 1. The minimum absolute atomic E-state index is 0.449. The highest BCUT2D eigenvalue weighted by molar-refractivity contribution is 6.73. The monoisotopic (exact) mass is 353 g/mol. The molecule has 0 saturated carbocycles. The summed E-state index contributed by atoms with van der Waals surface area (Å²) in [6.07, 6.45) is 9.51. The molecule has 0 fully saturated rings. The van der Waals surface area contributed by atoms with E-state index < -0.39 is 8.80 Å². The van der Waals surface area contributed by atoms with E-state index in [0.717, 1.165) is 18.8 Å². The second-order valence-electron chi connectivity index (χ2n) is 6.75. The van der Waals surface area contributed by atoms with Gasteiger partial charge in [-0.1, -0.05) is 111 Å². The molecule has 0 spiro atoms. The predicted molar refractivity (Wildman–Crippen MR) is 111 cm³/mol. The van der Waals surface area contributed by atoms with Crippen LogP contribution in [0.2, 0.25) is 12.1 Å². The highest BCUT2D eigenvalue weighted by Crippen LogP contribution is 2.14. The van der Waals surface area contributed by atoms with Gasteiger partial charge in [0, 0.05) is 0 Å². The van der Waals surface area contributed by atoms with E-state index >= 15 is 0 Å². The summed E-state index contributed by atoms with van der Waals surface area (Å²) < 4.78 is 5.88. The Morgan fingerprint density at radius 3 is 2.00 bits per heavy atom. The van der Waals surface area contributed by atoms with Crippen LogP contribution in [0.1, 0.15) is 51.9 Å². The summed E-state index contributed by atoms with van der Waals surface area (Å²) in [7, 11) is -0.449. The first-order chi connectivity index (χ1) is 12.4. The Balaban J connectivity index is 1.72. The van der Waals surface area contributed by atoms with Gasteiger partial charge in [-0.25, -0.2) is 0 Å². The molecule has 0 aliphatic heterocycles. The van der Waals surface area contributed by atoms with Crippen molar-refractivity contribution in [3.63, 3.8) is 0 Å². The Kier molecular flexibility index (Phi) is 10.1. The van der Waals surface area contributed by atoms with Gasteiger partial charge in [-0.2, -0.15) is 0 Å². The molecule has 0 aromatic heterocycles. The second-order valence-corrected chi connectivity index (χ2v) is 9.54. The third-order valence-electron chi connectivity index (χ3n) is 4.65. The van der Waals surface area contributed by atoms with Crippen molar-refractivity contribution in [1.29, 1.82) is 0 Å². The molecule has 0 atom stereocenters. The van der Waals surface area contributed by atoms with Crippen molar-refractivity contribution in [2.75, 3.05) is 6.61 Å². The maximum absolute atomic E-state index is 5.88. The standard InChI is InChI=1S/C23H33OSi/c1-2-3-4-5-6-13-20-25(23-17-11-8-12-18-23)21-14-19-24-22-15-9-7-10-16-22/h7-12,15-18H,2-6,13-14,19-21H2,1H3. The van der Waals surface area contributed by atoms with Crippen LogP contribution in [0.3, 0.4) is 0 Å². The van der Waals surface area contributed by atoms with Gasteiger partial charge >= 0.3 is 0 Å². The minimum atomic E-state index is -0.449. The lowest BCUT2D eigenvalue weighted by Crippen LogP contribution is -2.29. The smallest absolute Gasteiger partial charge is 0.119 e. The Hall–Kier alpha value is -1.54. The molecule has 1 radical (unpaired) electrons. The molecule has 0 saturated heterocycles. The zero-order valence-corrected chi connectivity index (χ0v) is 16.8. The van der Waals surface area contributed by atoms with Gasteiger partial charge in [0.25, 0.3) is 0 Å². The summed E-state index contributed by atoms with van der Waals surface area (Å²) in [5.41, 5.74) is 0.